The fraction of sp³-hybridized carbons (Fsp3) is 0.297. The lowest BCUT2D eigenvalue weighted by Gasteiger charge is -2.34. The lowest BCUT2D eigenvalue weighted by molar-refractivity contribution is -0.140. The highest BCUT2D eigenvalue weighted by Gasteiger charge is 2.35. The topological polar surface area (TPSA) is 105 Å². The fourth-order valence-corrected chi connectivity index (χ4v) is 6.50. The number of methoxy groups -OCH3 is 1. The van der Waals surface area contributed by atoms with Gasteiger partial charge in [-0.2, -0.15) is 0 Å². The van der Waals surface area contributed by atoms with Crippen LogP contribution in [0.15, 0.2) is 114 Å². The fourth-order valence-electron chi connectivity index (χ4n) is 5.09. The molecule has 0 spiro atoms. The van der Waals surface area contributed by atoms with Crippen molar-refractivity contribution >= 4 is 27.5 Å². The van der Waals surface area contributed by atoms with Gasteiger partial charge in [0.15, 0.2) is 0 Å². The molecule has 248 valence electrons. The van der Waals surface area contributed by atoms with Gasteiger partial charge in [0.05, 0.1) is 24.3 Å². The standard InChI is InChI=1S/C37H43N3O6S/c1-5-28(3)38-37(42)35(25-29-14-9-7-10-15-29)39(26-30-16-13-19-33(24-30)45-4)36(41)27-40(31-17-11-8-12-18-31)47(43,44)34-22-20-32(21-23-34)46-6-2/h7-24,28,35H,5-6,25-27H2,1-4H3,(H,38,42)/t28-,35+/m1/s1. The molecule has 2 amide bonds. The number of nitrogens with zero attached hydrogens (tertiary/aromatic N) is 2. The smallest absolute Gasteiger partial charge is 0.264 e. The van der Waals surface area contributed by atoms with Gasteiger partial charge in [0, 0.05) is 19.0 Å². The molecule has 9 nitrogen and oxygen atoms in total. The van der Waals surface area contributed by atoms with Gasteiger partial charge in [-0.05, 0) is 79.9 Å². The van der Waals surface area contributed by atoms with Gasteiger partial charge in [-0.25, -0.2) is 8.42 Å². The van der Waals surface area contributed by atoms with E-state index >= 15 is 0 Å². The first kappa shape index (κ1) is 35.0. The molecule has 0 saturated heterocycles. The normalized spacial score (nSPS) is 12.4. The summed E-state index contributed by atoms with van der Waals surface area (Å²) in [6.07, 6.45) is 0.936. The molecule has 0 aliphatic carbocycles. The van der Waals surface area contributed by atoms with E-state index in [9.17, 15) is 18.0 Å². The van der Waals surface area contributed by atoms with Crippen molar-refractivity contribution in [1.82, 2.24) is 10.2 Å². The number of anilines is 1. The van der Waals surface area contributed by atoms with Crippen LogP contribution in [0.2, 0.25) is 0 Å². The molecular weight excluding hydrogens is 614 g/mol. The molecular formula is C37H43N3O6S. The largest absolute Gasteiger partial charge is 0.497 e. The zero-order valence-corrected chi connectivity index (χ0v) is 28.2. The summed E-state index contributed by atoms with van der Waals surface area (Å²) in [5, 5.41) is 3.05. The molecule has 4 rings (SSSR count). The minimum absolute atomic E-state index is 0.00676. The number of benzene rings is 4. The number of hydrogen-bond acceptors (Lipinski definition) is 6. The number of rotatable bonds is 16. The van der Waals surface area contributed by atoms with Gasteiger partial charge in [0.1, 0.15) is 24.1 Å². The average Bonchev–Trinajstić information content (AvgIpc) is 3.09. The first-order valence-electron chi connectivity index (χ1n) is 15.7. The number of hydrogen-bond donors (Lipinski definition) is 1. The Balaban J connectivity index is 1.79. The van der Waals surface area contributed by atoms with Crippen LogP contribution >= 0.6 is 0 Å². The van der Waals surface area contributed by atoms with Crippen LogP contribution in [-0.4, -0.2) is 57.5 Å². The Hall–Kier alpha value is -4.83. The van der Waals surface area contributed by atoms with Gasteiger partial charge in [-0.15, -0.1) is 0 Å². The molecule has 2 atom stereocenters. The lowest BCUT2D eigenvalue weighted by Crippen LogP contribution is -2.54. The molecule has 10 heteroatoms. The Morgan fingerprint density at radius 2 is 1.45 bits per heavy atom. The molecule has 0 aromatic heterocycles. The van der Waals surface area contributed by atoms with E-state index in [1.165, 1.54) is 17.0 Å². The third-order valence-corrected chi connectivity index (χ3v) is 9.59. The van der Waals surface area contributed by atoms with Crippen molar-refractivity contribution < 1.29 is 27.5 Å². The summed E-state index contributed by atoms with van der Waals surface area (Å²) < 4.78 is 40.4. The Kier molecular flexibility index (Phi) is 12.4. The molecule has 0 radical (unpaired) electrons. The summed E-state index contributed by atoms with van der Waals surface area (Å²) in [6.45, 7) is 5.68. The molecule has 4 aromatic carbocycles. The Labute approximate surface area is 278 Å². The van der Waals surface area contributed by atoms with Crippen molar-refractivity contribution in [2.75, 3.05) is 24.6 Å². The second-order valence-corrected chi connectivity index (χ2v) is 13.0. The SMILES string of the molecule is CCOc1ccc(S(=O)(=O)N(CC(=O)N(Cc2cccc(OC)c2)[C@@H](Cc2ccccc2)C(=O)N[C@H](C)CC)c2ccccc2)cc1. The van der Waals surface area contributed by atoms with Crippen molar-refractivity contribution in [3.63, 3.8) is 0 Å². The van der Waals surface area contributed by atoms with E-state index in [2.05, 4.69) is 5.32 Å². The highest BCUT2D eigenvalue weighted by Crippen LogP contribution is 2.26. The number of amides is 2. The zero-order chi connectivity index (χ0) is 33.8. The number of carbonyl (C=O) groups excluding carboxylic acids is 2. The first-order chi connectivity index (χ1) is 22.7. The second-order valence-electron chi connectivity index (χ2n) is 11.1. The van der Waals surface area contributed by atoms with Gasteiger partial charge >= 0.3 is 0 Å². The Morgan fingerprint density at radius 1 is 0.809 bits per heavy atom. The van der Waals surface area contributed by atoms with Crippen molar-refractivity contribution in [3.05, 3.63) is 120 Å². The summed E-state index contributed by atoms with van der Waals surface area (Å²) in [5.74, 6) is 0.281. The number of carbonyl (C=O) groups is 2. The second kappa shape index (κ2) is 16.6. The highest BCUT2D eigenvalue weighted by atomic mass is 32.2. The van der Waals surface area contributed by atoms with E-state index < -0.39 is 28.5 Å². The molecule has 0 fully saturated rings. The molecule has 0 aliphatic rings. The lowest BCUT2D eigenvalue weighted by atomic mass is 10.0. The van der Waals surface area contributed by atoms with Gasteiger partial charge in [0.25, 0.3) is 10.0 Å². The first-order valence-corrected chi connectivity index (χ1v) is 17.2. The molecule has 4 aromatic rings. The van der Waals surface area contributed by atoms with E-state index in [4.69, 9.17) is 9.47 Å². The molecule has 0 aliphatic heterocycles. The van der Waals surface area contributed by atoms with Crippen LogP contribution in [0.25, 0.3) is 0 Å². The molecule has 0 unspecified atom stereocenters. The molecule has 0 saturated carbocycles. The van der Waals surface area contributed by atoms with E-state index in [0.29, 0.717) is 30.2 Å². The summed E-state index contributed by atoms with van der Waals surface area (Å²) in [4.78, 5) is 30.0. The van der Waals surface area contributed by atoms with Crippen molar-refractivity contribution in [2.24, 2.45) is 0 Å². The van der Waals surface area contributed by atoms with Crippen LogP contribution in [-0.2, 0) is 32.6 Å². The number of ether oxygens (including phenoxy) is 2. The minimum Gasteiger partial charge on any atom is -0.497 e. The monoisotopic (exact) mass is 657 g/mol. The zero-order valence-electron chi connectivity index (χ0n) is 27.3. The maximum atomic E-state index is 14.6. The van der Waals surface area contributed by atoms with Gasteiger partial charge < -0.3 is 19.7 Å². The van der Waals surface area contributed by atoms with Crippen molar-refractivity contribution in [2.45, 2.75) is 57.1 Å². The number of para-hydroxylation sites is 1. The summed E-state index contributed by atoms with van der Waals surface area (Å²) >= 11 is 0. The number of nitrogens with one attached hydrogen (secondary N) is 1. The molecule has 0 bridgehead atoms. The summed E-state index contributed by atoms with van der Waals surface area (Å²) in [5.41, 5.74) is 1.91. The van der Waals surface area contributed by atoms with Gasteiger partial charge in [-0.1, -0.05) is 67.6 Å². The van der Waals surface area contributed by atoms with E-state index in [-0.39, 0.29) is 29.8 Å². The molecule has 0 heterocycles. The van der Waals surface area contributed by atoms with Crippen LogP contribution in [0.1, 0.15) is 38.3 Å². The third kappa shape index (κ3) is 9.36. The Morgan fingerprint density at radius 3 is 2.06 bits per heavy atom. The predicted molar refractivity (Wildman–Crippen MR) is 184 cm³/mol. The van der Waals surface area contributed by atoms with Crippen molar-refractivity contribution in [3.8, 4) is 11.5 Å². The average molecular weight is 658 g/mol. The van der Waals surface area contributed by atoms with Crippen LogP contribution in [0, 0.1) is 0 Å². The quantitative estimate of drug-likeness (QED) is 0.162. The third-order valence-electron chi connectivity index (χ3n) is 7.80. The summed E-state index contributed by atoms with van der Waals surface area (Å²) in [6, 6.07) is 30.3. The maximum Gasteiger partial charge on any atom is 0.264 e. The molecule has 47 heavy (non-hydrogen) atoms. The predicted octanol–water partition coefficient (Wildman–Crippen LogP) is 5.84. The minimum atomic E-state index is -4.22. The summed E-state index contributed by atoms with van der Waals surface area (Å²) in [7, 11) is -2.66. The highest BCUT2D eigenvalue weighted by molar-refractivity contribution is 7.92. The van der Waals surface area contributed by atoms with Gasteiger partial charge in [0.2, 0.25) is 11.8 Å². The number of sulfonamides is 1. The molecule has 1 N–H and O–H groups in total. The van der Waals surface area contributed by atoms with Gasteiger partial charge in [-0.3, -0.25) is 13.9 Å². The van der Waals surface area contributed by atoms with Crippen LogP contribution in [0.4, 0.5) is 5.69 Å². The maximum absolute atomic E-state index is 14.6. The van der Waals surface area contributed by atoms with Crippen LogP contribution < -0.4 is 19.1 Å². The van der Waals surface area contributed by atoms with Crippen LogP contribution in [0.5, 0.6) is 11.5 Å². The van der Waals surface area contributed by atoms with Crippen LogP contribution in [0.3, 0.4) is 0 Å². The van der Waals surface area contributed by atoms with E-state index in [1.807, 2.05) is 63.2 Å². The van der Waals surface area contributed by atoms with E-state index in [0.717, 1.165) is 15.4 Å². The Bertz CT molecular complexity index is 1700. The van der Waals surface area contributed by atoms with E-state index in [1.54, 1.807) is 61.7 Å². The van der Waals surface area contributed by atoms with Crippen molar-refractivity contribution in [1.29, 1.82) is 0 Å².